The molecule has 1 aromatic rings. The number of anilines is 2. The van der Waals surface area contributed by atoms with Crippen molar-refractivity contribution in [2.24, 2.45) is 5.92 Å². The van der Waals surface area contributed by atoms with Crippen LogP contribution in [0.2, 0.25) is 0 Å². The van der Waals surface area contributed by atoms with Crippen LogP contribution in [0.25, 0.3) is 0 Å². The minimum Gasteiger partial charge on any atom is -0.397 e. The van der Waals surface area contributed by atoms with Gasteiger partial charge in [0.25, 0.3) is 0 Å². The van der Waals surface area contributed by atoms with Crippen LogP contribution in [0.4, 0.5) is 15.8 Å². The lowest BCUT2D eigenvalue weighted by Crippen LogP contribution is -2.30. The van der Waals surface area contributed by atoms with E-state index in [0.717, 1.165) is 6.42 Å². The summed E-state index contributed by atoms with van der Waals surface area (Å²) in [5, 5.41) is 3.38. The highest BCUT2D eigenvalue weighted by Gasteiger charge is 2.21. The Bertz CT molecular complexity index is 409. The molecule has 0 spiro atoms. The van der Waals surface area contributed by atoms with Gasteiger partial charge < -0.3 is 11.1 Å². The third-order valence-electron chi connectivity index (χ3n) is 3.54. The summed E-state index contributed by atoms with van der Waals surface area (Å²) in [7, 11) is 0. The Morgan fingerprint density at radius 3 is 2.76 bits per heavy atom. The molecule has 0 radical (unpaired) electrons. The summed E-state index contributed by atoms with van der Waals surface area (Å²) in [6, 6.07) is 3.50. The third-order valence-corrected chi connectivity index (χ3v) is 4.15. The molecule has 2 nitrogen and oxygen atoms in total. The molecule has 0 bridgehead atoms. The lowest BCUT2D eigenvalue weighted by Gasteiger charge is -2.30. The zero-order valence-corrected chi connectivity index (χ0v) is 11.6. The molecule has 3 N–H and O–H groups in total. The summed E-state index contributed by atoms with van der Waals surface area (Å²) >= 11 is 3.13. The van der Waals surface area contributed by atoms with Crippen molar-refractivity contribution in [1.82, 2.24) is 0 Å². The van der Waals surface area contributed by atoms with Crippen LogP contribution < -0.4 is 11.1 Å². The van der Waals surface area contributed by atoms with E-state index in [1.807, 2.05) is 0 Å². The van der Waals surface area contributed by atoms with Crippen molar-refractivity contribution in [3.05, 3.63) is 22.4 Å². The quantitative estimate of drug-likeness (QED) is 0.805. The van der Waals surface area contributed by atoms with Crippen LogP contribution in [-0.2, 0) is 0 Å². The lowest BCUT2D eigenvalue weighted by atomic mass is 9.86. The standard InChI is InChI=1S/C13H18BrFN2/c1-8-4-2-3-5-12(8)17-13-7-10(15)9(14)6-11(13)16/h6-8,12,17H,2-5,16H2,1H3. The van der Waals surface area contributed by atoms with E-state index < -0.39 is 0 Å². The molecule has 2 unspecified atom stereocenters. The summed E-state index contributed by atoms with van der Waals surface area (Å²) in [5.74, 6) is 0.347. The Balaban J connectivity index is 2.15. The smallest absolute Gasteiger partial charge is 0.139 e. The van der Waals surface area contributed by atoms with Gasteiger partial charge in [-0.05, 0) is 40.8 Å². The van der Waals surface area contributed by atoms with Crippen LogP contribution in [0.15, 0.2) is 16.6 Å². The molecule has 0 aromatic heterocycles. The van der Waals surface area contributed by atoms with Crippen LogP contribution in [0.3, 0.4) is 0 Å². The second-order valence-corrected chi connectivity index (χ2v) is 5.72. The predicted octanol–water partition coefficient (Wildman–Crippen LogP) is 4.16. The number of nitrogen functional groups attached to an aromatic ring is 1. The van der Waals surface area contributed by atoms with Gasteiger partial charge in [0.2, 0.25) is 0 Å². The summed E-state index contributed by atoms with van der Waals surface area (Å²) in [6.07, 6.45) is 4.90. The maximum atomic E-state index is 13.5. The summed E-state index contributed by atoms with van der Waals surface area (Å²) in [4.78, 5) is 0. The third kappa shape index (κ3) is 2.92. The van der Waals surface area contributed by atoms with Gasteiger partial charge >= 0.3 is 0 Å². The molecule has 1 aliphatic carbocycles. The minimum atomic E-state index is -0.273. The highest BCUT2D eigenvalue weighted by Crippen LogP contribution is 2.31. The average Bonchev–Trinajstić information content (AvgIpc) is 2.29. The van der Waals surface area contributed by atoms with E-state index in [4.69, 9.17) is 5.73 Å². The molecule has 17 heavy (non-hydrogen) atoms. The number of nitrogens with two attached hydrogens (primary N) is 1. The van der Waals surface area contributed by atoms with E-state index in [9.17, 15) is 4.39 Å². The highest BCUT2D eigenvalue weighted by molar-refractivity contribution is 9.10. The van der Waals surface area contributed by atoms with Crippen LogP contribution >= 0.6 is 15.9 Å². The molecule has 94 valence electrons. The number of rotatable bonds is 2. The van der Waals surface area contributed by atoms with Gasteiger partial charge in [0, 0.05) is 12.1 Å². The topological polar surface area (TPSA) is 38.0 Å². The fourth-order valence-electron chi connectivity index (χ4n) is 2.42. The van der Waals surface area contributed by atoms with E-state index in [1.54, 1.807) is 6.07 Å². The molecule has 1 fully saturated rings. The van der Waals surface area contributed by atoms with Crippen molar-refractivity contribution in [3.8, 4) is 0 Å². The first-order valence-corrected chi connectivity index (χ1v) is 6.88. The van der Waals surface area contributed by atoms with Gasteiger partial charge in [-0.15, -0.1) is 0 Å². The maximum absolute atomic E-state index is 13.5. The van der Waals surface area contributed by atoms with E-state index in [0.29, 0.717) is 27.8 Å². The normalized spacial score (nSPS) is 24.6. The Labute approximate surface area is 110 Å². The van der Waals surface area contributed by atoms with Crippen molar-refractivity contribution in [2.45, 2.75) is 38.6 Å². The number of hydrogen-bond donors (Lipinski definition) is 2. The summed E-state index contributed by atoms with van der Waals surface area (Å²) in [5.41, 5.74) is 7.20. The lowest BCUT2D eigenvalue weighted by molar-refractivity contribution is 0.349. The van der Waals surface area contributed by atoms with Gasteiger partial charge in [-0.2, -0.15) is 0 Å². The number of benzene rings is 1. The van der Waals surface area contributed by atoms with Gasteiger partial charge in [0.05, 0.1) is 15.8 Å². The molecule has 2 atom stereocenters. The SMILES string of the molecule is CC1CCCCC1Nc1cc(F)c(Br)cc1N. The van der Waals surface area contributed by atoms with E-state index in [1.165, 1.54) is 25.3 Å². The molecule has 2 rings (SSSR count). The van der Waals surface area contributed by atoms with Crippen LogP contribution in [0, 0.1) is 11.7 Å². The van der Waals surface area contributed by atoms with E-state index in [-0.39, 0.29) is 5.82 Å². The average molecular weight is 301 g/mol. The van der Waals surface area contributed by atoms with Gasteiger partial charge in [0.1, 0.15) is 5.82 Å². The number of hydrogen-bond acceptors (Lipinski definition) is 2. The van der Waals surface area contributed by atoms with Crippen molar-refractivity contribution < 1.29 is 4.39 Å². The minimum absolute atomic E-state index is 0.273. The molecule has 0 saturated heterocycles. The molecule has 1 aromatic carbocycles. The van der Waals surface area contributed by atoms with Gasteiger partial charge in [-0.3, -0.25) is 0 Å². The predicted molar refractivity (Wildman–Crippen MR) is 73.6 cm³/mol. The fraction of sp³-hybridized carbons (Fsp3) is 0.538. The van der Waals surface area contributed by atoms with Crippen LogP contribution in [-0.4, -0.2) is 6.04 Å². The Kier molecular flexibility index (Phi) is 3.92. The van der Waals surface area contributed by atoms with E-state index >= 15 is 0 Å². The maximum Gasteiger partial charge on any atom is 0.139 e. The van der Waals surface area contributed by atoms with Crippen molar-refractivity contribution in [2.75, 3.05) is 11.1 Å². The molecule has 0 heterocycles. The Morgan fingerprint density at radius 2 is 2.06 bits per heavy atom. The first-order chi connectivity index (χ1) is 8.08. The molecule has 0 amide bonds. The van der Waals surface area contributed by atoms with Gasteiger partial charge in [-0.25, -0.2) is 4.39 Å². The van der Waals surface area contributed by atoms with Gasteiger partial charge in [-0.1, -0.05) is 19.8 Å². The number of nitrogens with one attached hydrogen (secondary N) is 1. The van der Waals surface area contributed by atoms with Crippen molar-refractivity contribution in [3.63, 3.8) is 0 Å². The van der Waals surface area contributed by atoms with Gasteiger partial charge in [0.15, 0.2) is 0 Å². The second-order valence-electron chi connectivity index (χ2n) is 4.87. The summed E-state index contributed by atoms with van der Waals surface area (Å²) in [6.45, 7) is 2.24. The Hall–Kier alpha value is -0.770. The van der Waals surface area contributed by atoms with Crippen LogP contribution in [0.1, 0.15) is 32.6 Å². The second kappa shape index (κ2) is 5.25. The monoisotopic (exact) mass is 300 g/mol. The molecule has 0 aliphatic heterocycles. The molecule has 1 saturated carbocycles. The van der Waals surface area contributed by atoms with Crippen molar-refractivity contribution in [1.29, 1.82) is 0 Å². The number of halogens is 2. The first kappa shape index (κ1) is 12.7. The molecule has 1 aliphatic rings. The summed E-state index contributed by atoms with van der Waals surface area (Å²) < 4.78 is 13.9. The van der Waals surface area contributed by atoms with Crippen LogP contribution in [0.5, 0.6) is 0 Å². The Morgan fingerprint density at radius 1 is 1.35 bits per heavy atom. The molecule has 4 heteroatoms. The molecular weight excluding hydrogens is 283 g/mol. The largest absolute Gasteiger partial charge is 0.397 e. The highest BCUT2D eigenvalue weighted by atomic mass is 79.9. The zero-order valence-electron chi connectivity index (χ0n) is 9.97. The zero-order chi connectivity index (χ0) is 12.4. The van der Waals surface area contributed by atoms with Crippen molar-refractivity contribution >= 4 is 27.3 Å². The molecular formula is C13H18BrFN2. The fourth-order valence-corrected chi connectivity index (χ4v) is 2.78. The van der Waals surface area contributed by atoms with E-state index in [2.05, 4.69) is 28.2 Å². The first-order valence-electron chi connectivity index (χ1n) is 6.09.